The van der Waals surface area contributed by atoms with Gasteiger partial charge in [0.15, 0.2) is 0 Å². The molecule has 90 valence electrons. The molecule has 2 heterocycles. The summed E-state index contributed by atoms with van der Waals surface area (Å²) in [5, 5.41) is 21.3. The van der Waals surface area contributed by atoms with Crippen molar-refractivity contribution in [2.45, 2.75) is 13.1 Å². The zero-order valence-corrected chi connectivity index (χ0v) is 10.1. The number of hydrogen-bond donors (Lipinski definition) is 2. The van der Waals surface area contributed by atoms with Crippen molar-refractivity contribution in [1.29, 1.82) is 0 Å². The minimum atomic E-state index is -0.888. The van der Waals surface area contributed by atoms with Crippen LogP contribution in [-0.2, 0) is 20.1 Å². The lowest BCUT2D eigenvalue weighted by Crippen LogP contribution is -2.15. The van der Waals surface area contributed by atoms with E-state index in [2.05, 4.69) is 15.5 Å². The quantitative estimate of drug-likeness (QED) is 0.825. The second kappa shape index (κ2) is 5.07. The Balaban J connectivity index is 1.86. The van der Waals surface area contributed by atoms with Gasteiger partial charge in [-0.15, -0.1) is 21.5 Å². The van der Waals surface area contributed by atoms with Crippen LogP contribution in [0.4, 0.5) is 0 Å². The molecule has 7 heteroatoms. The van der Waals surface area contributed by atoms with Crippen molar-refractivity contribution in [3.8, 4) is 0 Å². The van der Waals surface area contributed by atoms with Crippen molar-refractivity contribution in [2.24, 2.45) is 7.05 Å². The van der Waals surface area contributed by atoms with Gasteiger partial charge in [-0.05, 0) is 6.07 Å². The van der Waals surface area contributed by atoms with E-state index >= 15 is 0 Å². The summed E-state index contributed by atoms with van der Waals surface area (Å²) in [5.41, 5.74) is 0.338. The Kier molecular flexibility index (Phi) is 3.50. The van der Waals surface area contributed by atoms with E-state index in [4.69, 9.17) is 5.11 Å². The third kappa shape index (κ3) is 2.89. The Hall–Kier alpha value is -1.73. The average Bonchev–Trinajstić information content (AvgIpc) is 2.89. The summed E-state index contributed by atoms with van der Waals surface area (Å²) in [6, 6.07) is 1.68. The number of thiophene rings is 1. The SMILES string of the molecule is Cn1cnnc1CNCc1cc(C(=O)O)cs1. The van der Waals surface area contributed by atoms with Gasteiger partial charge in [0.05, 0.1) is 12.1 Å². The molecule has 0 amide bonds. The predicted octanol–water partition coefficient (Wildman–Crippen LogP) is 0.865. The number of carboxylic acids is 1. The van der Waals surface area contributed by atoms with Crippen molar-refractivity contribution in [3.05, 3.63) is 34.0 Å². The molecule has 2 N–H and O–H groups in total. The molecule has 0 aliphatic rings. The molecule has 6 nitrogen and oxygen atoms in total. The zero-order valence-electron chi connectivity index (χ0n) is 9.25. The van der Waals surface area contributed by atoms with Gasteiger partial charge in [-0.1, -0.05) is 0 Å². The first kappa shape index (κ1) is 11.7. The van der Waals surface area contributed by atoms with Crippen molar-refractivity contribution in [1.82, 2.24) is 20.1 Å². The molecule has 0 saturated carbocycles. The first-order valence-corrected chi connectivity index (χ1v) is 5.89. The van der Waals surface area contributed by atoms with Gasteiger partial charge >= 0.3 is 5.97 Å². The Morgan fingerprint density at radius 2 is 2.41 bits per heavy atom. The molecule has 0 radical (unpaired) electrons. The molecule has 0 bridgehead atoms. The zero-order chi connectivity index (χ0) is 12.3. The molecule has 0 fully saturated rings. The Labute approximate surface area is 102 Å². The lowest BCUT2D eigenvalue weighted by Gasteiger charge is -2.01. The molecule has 2 aromatic rings. The first-order valence-electron chi connectivity index (χ1n) is 5.01. The van der Waals surface area contributed by atoms with Crippen LogP contribution in [0.25, 0.3) is 0 Å². The monoisotopic (exact) mass is 252 g/mol. The minimum Gasteiger partial charge on any atom is -0.478 e. The van der Waals surface area contributed by atoms with E-state index in [-0.39, 0.29) is 0 Å². The number of aromatic nitrogens is 3. The van der Waals surface area contributed by atoms with E-state index in [9.17, 15) is 4.79 Å². The second-order valence-corrected chi connectivity index (χ2v) is 4.56. The topological polar surface area (TPSA) is 80.0 Å². The number of hydrogen-bond acceptors (Lipinski definition) is 5. The van der Waals surface area contributed by atoms with Gasteiger partial charge in [-0.2, -0.15) is 0 Å². The molecule has 0 spiro atoms. The number of carbonyl (C=O) groups is 1. The van der Waals surface area contributed by atoms with Crippen molar-refractivity contribution >= 4 is 17.3 Å². The number of carboxylic acid groups (broad SMARTS) is 1. The van der Waals surface area contributed by atoms with Crippen LogP contribution in [0.3, 0.4) is 0 Å². The Morgan fingerprint density at radius 1 is 1.59 bits per heavy atom. The number of nitrogens with zero attached hydrogens (tertiary/aromatic N) is 3. The molecule has 0 unspecified atom stereocenters. The number of nitrogens with one attached hydrogen (secondary N) is 1. The van der Waals surface area contributed by atoms with Gasteiger partial charge in [0.25, 0.3) is 0 Å². The molecule has 0 aliphatic heterocycles. The van der Waals surface area contributed by atoms with Crippen LogP contribution in [0.2, 0.25) is 0 Å². The average molecular weight is 252 g/mol. The highest BCUT2D eigenvalue weighted by Crippen LogP contribution is 2.14. The fourth-order valence-electron chi connectivity index (χ4n) is 1.35. The van der Waals surface area contributed by atoms with E-state index < -0.39 is 5.97 Å². The fraction of sp³-hybridized carbons (Fsp3) is 0.300. The highest BCUT2D eigenvalue weighted by atomic mass is 32.1. The summed E-state index contributed by atoms with van der Waals surface area (Å²) in [4.78, 5) is 11.7. The summed E-state index contributed by atoms with van der Waals surface area (Å²) in [6.07, 6.45) is 1.64. The maximum absolute atomic E-state index is 10.7. The number of rotatable bonds is 5. The van der Waals surface area contributed by atoms with E-state index in [1.807, 2.05) is 11.6 Å². The summed E-state index contributed by atoms with van der Waals surface area (Å²) >= 11 is 1.43. The molecule has 2 aromatic heterocycles. The normalized spacial score (nSPS) is 10.6. The summed E-state index contributed by atoms with van der Waals surface area (Å²) in [5.74, 6) is -0.0409. The third-order valence-corrected chi connectivity index (χ3v) is 3.22. The largest absolute Gasteiger partial charge is 0.478 e. The second-order valence-electron chi connectivity index (χ2n) is 3.57. The highest BCUT2D eigenvalue weighted by Gasteiger charge is 2.06. The summed E-state index contributed by atoms with van der Waals surface area (Å²) in [7, 11) is 1.88. The van der Waals surface area contributed by atoms with E-state index in [1.54, 1.807) is 17.8 Å². The summed E-state index contributed by atoms with van der Waals surface area (Å²) < 4.78 is 1.84. The van der Waals surface area contributed by atoms with E-state index in [0.29, 0.717) is 18.7 Å². The van der Waals surface area contributed by atoms with Crippen molar-refractivity contribution in [2.75, 3.05) is 0 Å². The lowest BCUT2D eigenvalue weighted by molar-refractivity contribution is 0.0697. The van der Waals surface area contributed by atoms with Gasteiger partial charge in [0.1, 0.15) is 12.2 Å². The molecule has 0 aromatic carbocycles. The van der Waals surface area contributed by atoms with E-state index in [0.717, 1.165) is 10.7 Å². The van der Waals surface area contributed by atoms with Crippen LogP contribution in [0, 0.1) is 0 Å². The van der Waals surface area contributed by atoms with Gasteiger partial charge in [0, 0.05) is 23.8 Å². The van der Waals surface area contributed by atoms with Crippen LogP contribution >= 0.6 is 11.3 Å². The predicted molar refractivity (Wildman–Crippen MR) is 62.8 cm³/mol. The molecule has 0 saturated heterocycles. The fourth-order valence-corrected chi connectivity index (χ4v) is 2.18. The van der Waals surface area contributed by atoms with Crippen LogP contribution < -0.4 is 5.32 Å². The van der Waals surface area contributed by atoms with Gasteiger partial charge in [-0.25, -0.2) is 4.79 Å². The maximum Gasteiger partial charge on any atom is 0.336 e. The molecule has 2 rings (SSSR count). The smallest absolute Gasteiger partial charge is 0.336 e. The van der Waals surface area contributed by atoms with Crippen molar-refractivity contribution in [3.63, 3.8) is 0 Å². The van der Waals surface area contributed by atoms with Gasteiger partial charge in [0.2, 0.25) is 0 Å². The van der Waals surface area contributed by atoms with Crippen LogP contribution in [0.15, 0.2) is 17.8 Å². The van der Waals surface area contributed by atoms with Crippen molar-refractivity contribution < 1.29 is 9.90 Å². The Morgan fingerprint density at radius 3 is 3.00 bits per heavy atom. The maximum atomic E-state index is 10.7. The van der Waals surface area contributed by atoms with Gasteiger partial charge < -0.3 is 15.0 Å². The first-order chi connectivity index (χ1) is 8.16. The molecule has 0 aliphatic carbocycles. The highest BCUT2D eigenvalue weighted by molar-refractivity contribution is 7.10. The summed E-state index contributed by atoms with van der Waals surface area (Å²) in [6.45, 7) is 1.24. The number of aromatic carboxylic acids is 1. The molecular weight excluding hydrogens is 240 g/mol. The van der Waals surface area contributed by atoms with Crippen LogP contribution in [0.1, 0.15) is 21.1 Å². The molecule has 0 atom stereocenters. The number of aryl methyl sites for hydroxylation is 1. The molecular formula is C10H12N4O2S. The minimum absolute atomic E-state index is 0.338. The van der Waals surface area contributed by atoms with E-state index in [1.165, 1.54) is 11.3 Å². The third-order valence-electron chi connectivity index (χ3n) is 2.29. The van der Waals surface area contributed by atoms with Crippen LogP contribution in [0.5, 0.6) is 0 Å². The lowest BCUT2D eigenvalue weighted by atomic mass is 10.3. The van der Waals surface area contributed by atoms with Gasteiger partial charge in [-0.3, -0.25) is 0 Å². The standard InChI is InChI=1S/C10H12N4O2S/c1-14-6-12-13-9(14)4-11-3-8-2-7(5-17-8)10(15)16/h2,5-6,11H,3-4H2,1H3,(H,15,16). The Bertz CT molecular complexity index is 520. The van der Waals surface area contributed by atoms with Crippen LogP contribution in [-0.4, -0.2) is 25.8 Å². The molecule has 17 heavy (non-hydrogen) atoms.